The van der Waals surface area contributed by atoms with Gasteiger partial charge >= 0.3 is 5.97 Å². The van der Waals surface area contributed by atoms with Crippen molar-refractivity contribution >= 4 is 17.8 Å². The van der Waals surface area contributed by atoms with Crippen molar-refractivity contribution in [3.05, 3.63) is 71.9 Å². The topological polar surface area (TPSA) is 93.5 Å². The largest absolute Gasteiger partial charge is 0.452 e. The molecule has 0 bridgehead atoms. The summed E-state index contributed by atoms with van der Waals surface area (Å²) in [5, 5.41) is 7.43. The molecule has 0 atom stereocenters. The van der Waals surface area contributed by atoms with Gasteiger partial charge in [0, 0.05) is 24.8 Å². The van der Waals surface area contributed by atoms with Gasteiger partial charge in [-0.2, -0.15) is 5.10 Å². The van der Waals surface area contributed by atoms with Gasteiger partial charge in [-0.3, -0.25) is 9.59 Å². The summed E-state index contributed by atoms with van der Waals surface area (Å²) < 4.78 is 6.92. The molecule has 1 aliphatic carbocycles. The average Bonchev–Trinajstić information content (AvgIpc) is 3.51. The molecule has 3 aromatic rings. The van der Waals surface area contributed by atoms with Gasteiger partial charge in [0.05, 0.1) is 12.2 Å². The fourth-order valence-electron chi connectivity index (χ4n) is 3.28. The second-order valence-corrected chi connectivity index (χ2v) is 8.21. The lowest BCUT2D eigenvalue weighted by atomic mass is 10.1. The van der Waals surface area contributed by atoms with Crippen molar-refractivity contribution in [1.82, 2.24) is 20.0 Å². The predicted molar refractivity (Wildman–Crippen MR) is 123 cm³/mol. The molecular formula is C25H26N4O4. The first-order valence-corrected chi connectivity index (χ1v) is 10.8. The Hall–Kier alpha value is -3.94. The smallest absolute Gasteiger partial charge is 0.342 e. The van der Waals surface area contributed by atoms with E-state index in [1.807, 2.05) is 61.5 Å². The molecule has 0 aliphatic heterocycles. The molecule has 2 amide bonds. The van der Waals surface area contributed by atoms with E-state index in [0.29, 0.717) is 5.69 Å². The van der Waals surface area contributed by atoms with E-state index in [0.717, 1.165) is 29.7 Å². The summed E-state index contributed by atoms with van der Waals surface area (Å²) in [7, 11) is 1.51. The third kappa shape index (κ3) is 5.65. The number of amides is 2. The third-order valence-electron chi connectivity index (χ3n) is 5.36. The fraction of sp³-hybridized carbons (Fsp3) is 0.280. The quantitative estimate of drug-likeness (QED) is 0.537. The first-order chi connectivity index (χ1) is 15.9. The number of aryl methyl sites for hydroxylation is 1. The number of esters is 1. The Kier molecular flexibility index (Phi) is 6.53. The number of nitrogens with zero attached hydrogens (tertiary/aromatic N) is 3. The van der Waals surface area contributed by atoms with Crippen LogP contribution in [0, 0.1) is 6.92 Å². The van der Waals surface area contributed by atoms with Gasteiger partial charge in [0.15, 0.2) is 6.61 Å². The number of benzene rings is 2. The molecular weight excluding hydrogens is 420 g/mol. The van der Waals surface area contributed by atoms with E-state index in [1.54, 1.807) is 10.9 Å². The molecule has 4 rings (SSSR count). The van der Waals surface area contributed by atoms with Crippen molar-refractivity contribution in [3.8, 4) is 16.9 Å². The second kappa shape index (κ2) is 9.68. The minimum absolute atomic E-state index is 0.0759. The highest BCUT2D eigenvalue weighted by Gasteiger charge is 2.25. The average molecular weight is 447 g/mol. The molecule has 33 heavy (non-hydrogen) atoms. The molecule has 1 aromatic heterocycles. The van der Waals surface area contributed by atoms with Crippen LogP contribution in [-0.2, 0) is 14.3 Å². The third-order valence-corrected chi connectivity index (χ3v) is 5.36. The molecule has 8 nitrogen and oxygen atoms in total. The van der Waals surface area contributed by atoms with E-state index >= 15 is 0 Å². The summed E-state index contributed by atoms with van der Waals surface area (Å²) in [5.41, 5.74) is 3.39. The highest BCUT2D eigenvalue weighted by Crippen LogP contribution is 2.24. The molecule has 170 valence electrons. The van der Waals surface area contributed by atoms with Gasteiger partial charge in [0.1, 0.15) is 11.3 Å². The molecule has 1 fully saturated rings. The summed E-state index contributed by atoms with van der Waals surface area (Å²) in [6, 6.07) is 17.3. The van der Waals surface area contributed by atoms with Crippen LogP contribution in [0.25, 0.3) is 16.9 Å². The fourth-order valence-corrected chi connectivity index (χ4v) is 3.28. The number of aromatic nitrogens is 2. The lowest BCUT2D eigenvalue weighted by molar-refractivity contribution is -0.137. The maximum absolute atomic E-state index is 12.9. The van der Waals surface area contributed by atoms with Gasteiger partial charge in [0.25, 0.3) is 5.91 Å². The Labute approximate surface area is 192 Å². The Morgan fingerprint density at radius 2 is 1.79 bits per heavy atom. The number of hydrogen-bond donors (Lipinski definition) is 1. The van der Waals surface area contributed by atoms with E-state index in [1.165, 1.54) is 11.9 Å². The maximum Gasteiger partial charge on any atom is 0.342 e. The molecule has 0 radical (unpaired) electrons. The molecule has 8 heteroatoms. The van der Waals surface area contributed by atoms with Crippen molar-refractivity contribution in [2.24, 2.45) is 0 Å². The van der Waals surface area contributed by atoms with Crippen LogP contribution in [0.4, 0.5) is 0 Å². The summed E-state index contributed by atoms with van der Waals surface area (Å²) in [6.07, 6.45) is 3.55. The van der Waals surface area contributed by atoms with E-state index in [-0.39, 0.29) is 24.1 Å². The van der Waals surface area contributed by atoms with Gasteiger partial charge in [-0.15, -0.1) is 0 Å². The van der Waals surface area contributed by atoms with E-state index in [9.17, 15) is 14.4 Å². The highest BCUT2D eigenvalue weighted by molar-refractivity contribution is 5.97. The van der Waals surface area contributed by atoms with Crippen molar-refractivity contribution in [3.63, 3.8) is 0 Å². The van der Waals surface area contributed by atoms with Crippen molar-refractivity contribution in [2.75, 3.05) is 20.2 Å². The Bertz CT molecular complexity index is 1150. The maximum atomic E-state index is 12.9. The van der Waals surface area contributed by atoms with Gasteiger partial charge in [-0.05, 0) is 31.9 Å². The molecule has 0 spiro atoms. The van der Waals surface area contributed by atoms with Crippen LogP contribution in [0.3, 0.4) is 0 Å². The van der Waals surface area contributed by atoms with Crippen LogP contribution in [0.1, 0.15) is 28.8 Å². The lowest BCUT2D eigenvalue weighted by Crippen LogP contribution is -2.40. The van der Waals surface area contributed by atoms with E-state index < -0.39 is 18.5 Å². The molecule has 1 N–H and O–H groups in total. The summed E-state index contributed by atoms with van der Waals surface area (Å²) in [5.74, 6) is -1.33. The number of carbonyl (C=O) groups excluding carboxylic acids is 3. The molecule has 2 aromatic carbocycles. The van der Waals surface area contributed by atoms with Gasteiger partial charge in [-0.25, -0.2) is 9.48 Å². The van der Waals surface area contributed by atoms with E-state index in [4.69, 9.17) is 4.74 Å². The molecule has 0 saturated heterocycles. The number of nitrogens with one attached hydrogen (secondary N) is 1. The van der Waals surface area contributed by atoms with Crippen molar-refractivity contribution in [1.29, 1.82) is 0 Å². The van der Waals surface area contributed by atoms with Crippen molar-refractivity contribution in [2.45, 2.75) is 25.8 Å². The van der Waals surface area contributed by atoms with Crippen LogP contribution < -0.4 is 5.32 Å². The Morgan fingerprint density at radius 1 is 1.09 bits per heavy atom. The second-order valence-electron chi connectivity index (χ2n) is 8.21. The first-order valence-electron chi connectivity index (χ1n) is 10.8. The zero-order valence-corrected chi connectivity index (χ0v) is 18.7. The zero-order chi connectivity index (χ0) is 23.4. The highest BCUT2D eigenvalue weighted by atomic mass is 16.5. The number of ether oxygens (including phenoxy) is 1. The molecule has 1 aliphatic rings. The van der Waals surface area contributed by atoms with Crippen LogP contribution in [-0.4, -0.2) is 58.7 Å². The monoisotopic (exact) mass is 446 g/mol. The van der Waals surface area contributed by atoms with Crippen LogP contribution in [0.5, 0.6) is 0 Å². The number of rotatable bonds is 8. The molecule has 0 unspecified atom stereocenters. The van der Waals surface area contributed by atoms with E-state index in [2.05, 4.69) is 10.4 Å². The Morgan fingerprint density at radius 3 is 2.45 bits per heavy atom. The van der Waals surface area contributed by atoms with Gasteiger partial charge in [-0.1, -0.05) is 48.0 Å². The van der Waals surface area contributed by atoms with Crippen LogP contribution in [0.2, 0.25) is 0 Å². The number of hydrogen-bond acceptors (Lipinski definition) is 5. The number of carbonyl (C=O) groups is 3. The number of likely N-dealkylation sites (N-methyl/N-ethyl adjacent to an activating group) is 1. The summed E-state index contributed by atoms with van der Waals surface area (Å²) in [4.78, 5) is 38.4. The Balaban J connectivity index is 1.48. The first kappa shape index (κ1) is 22.3. The zero-order valence-electron chi connectivity index (χ0n) is 18.7. The molecule has 1 heterocycles. The minimum Gasteiger partial charge on any atom is -0.452 e. The normalized spacial score (nSPS) is 12.8. The summed E-state index contributed by atoms with van der Waals surface area (Å²) in [6.45, 7) is 1.46. The standard InChI is InChI=1S/C25H26N4O4/c1-17-8-12-20(13-9-17)29-14-21(24(27-29)18-6-4-3-5-7-18)25(32)33-16-23(31)28(2)15-22(30)26-19-10-11-19/h3-9,12-14,19H,10-11,15-16H2,1-2H3,(H,26,30). The van der Waals surface area contributed by atoms with Crippen LogP contribution in [0.15, 0.2) is 60.8 Å². The van der Waals surface area contributed by atoms with Gasteiger partial charge < -0.3 is 15.0 Å². The molecule has 1 saturated carbocycles. The summed E-state index contributed by atoms with van der Waals surface area (Å²) >= 11 is 0. The van der Waals surface area contributed by atoms with Crippen molar-refractivity contribution < 1.29 is 19.1 Å². The predicted octanol–water partition coefficient (Wildman–Crippen LogP) is 2.74. The lowest BCUT2D eigenvalue weighted by Gasteiger charge is -2.16. The van der Waals surface area contributed by atoms with Gasteiger partial charge in [0.2, 0.25) is 5.91 Å². The SMILES string of the molecule is Cc1ccc(-n2cc(C(=O)OCC(=O)N(C)CC(=O)NC3CC3)c(-c3ccccc3)n2)cc1. The minimum atomic E-state index is -0.656. The van der Waals surface area contributed by atoms with Crippen LogP contribution >= 0.6 is 0 Å².